The first-order valence-electron chi connectivity index (χ1n) is 6.59. The second kappa shape index (κ2) is 7.81. The molecular formula is C15H18N2OSi. The number of rotatable bonds is 7. The normalized spacial score (nSPS) is 10.6. The smallest absolute Gasteiger partial charge is 0.0886 e. The highest BCUT2D eigenvalue weighted by molar-refractivity contribution is 6.53. The average Bonchev–Trinajstić information content (AvgIpc) is 2.49. The van der Waals surface area contributed by atoms with Crippen LogP contribution in [0, 0.1) is 0 Å². The van der Waals surface area contributed by atoms with Crippen LogP contribution in [0.2, 0.25) is 6.04 Å². The van der Waals surface area contributed by atoms with Gasteiger partial charge in [-0.25, -0.2) is 0 Å². The summed E-state index contributed by atoms with van der Waals surface area (Å²) < 4.78 is 5.47. The van der Waals surface area contributed by atoms with Crippen LogP contribution in [-0.4, -0.2) is 32.7 Å². The average molecular weight is 270 g/mol. The highest BCUT2D eigenvalue weighted by Gasteiger charge is 2.01. The molecule has 0 fully saturated rings. The van der Waals surface area contributed by atoms with Gasteiger partial charge in [0, 0.05) is 25.6 Å². The first-order valence-corrected chi connectivity index (χ1v) is 7.80. The van der Waals surface area contributed by atoms with Gasteiger partial charge in [0.15, 0.2) is 0 Å². The van der Waals surface area contributed by atoms with Crippen LogP contribution in [0.25, 0.3) is 11.4 Å². The Morgan fingerprint density at radius 3 is 2.63 bits per heavy atom. The molecule has 0 amide bonds. The number of aromatic nitrogens is 2. The van der Waals surface area contributed by atoms with Crippen LogP contribution >= 0.6 is 0 Å². The lowest BCUT2D eigenvalue weighted by molar-refractivity contribution is 0.148. The zero-order valence-corrected chi connectivity index (χ0v) is 12.2. The molecule has 0 aliphatic heterocycles. The Morgan fingerprint density at radius 2 is 1.95 bits per heavy atom. The number of nitrogens with zero attached hydrogens (tertiary/aromatic N) is 2. The molecule has 0 saturated heterocycles. The van der Waals surface area contributed by atoms with E-state index in [4.69, 9.17) is 4.74 Å². The van der Waals surface area contributed by atoms with Crippen molar-refractivity contribution in [1.82, 2.24) is 9.97 Å². The summed E-state index contributed by atoms with van der Waals surface area (Å²) in [6.07, 6.45) is 4.82. The number of hydrogen-bond donors (Lipinski definition) is 0. The first-order chi connectivity index (χ1) is 9.40. The lowest BCUT2D eigenvalue weighted by atomic mass is 10.2. The van der Waals surface area contributed by atoms with Crippen LogP contribution in [0.1, 0.15) is 13.3 Å². The second-order valence-corrected chi connectivity index (χ2v) is 5.62. The zero-order chi connectivity index (χ0) is 13.3. The Balaban J connectivity index is 1.85. The van der Waals surface area contributed by atoms with Gasteiger partial charge in [-0.15, -0.1) is 0 Å². The minimum absolute atomic E-state index is 0.762. The molecule has 98 valence electrons. The van der Waals surface area contributed by atoms with Crippen molar-refractivity contribution in [1.29, 1.82) is 0 Å². The van der Waals surface area contributed by atoms with Crippen LogP contribution in [0.4, 0.5) is 0 Å². The molecule has 0 atom stereocenters. The first kappa shape index (κ1) is 13.9. The Labute approximate surface area is 116 Å². The molecule has 2 radical (unpaired) electrons. The van der Waals surface area contributed by atoms with Crippen molar-refractivity contribution in [3.63, 3.8) is 0 Å². The lowest BCUT2D eigenvalue weighted by Crippen LogP contribution is -2.16. The Morgan fingerprint density at radius 1 is 1.05 bits per heavy atom. The van der Waals surface area contributed by atoms with E-state index in [-0.39, 0.29) is 0 Å². The highest BCUT2D eigenvalue weighted by atomic mass is 28.2. The van der Waals surface area contributed by atoms with Crippen molar-refractivity contribution in [2.24, 2.45) is 0 Å². The minimum Gasteiger partial charge on any atom is -0.382 e. The van der Waals surface area contributed by atoms with Crippen LogP contribution in [0.5, 0.6) is 0 Å². The van der Waals surface area contributed by atoms with Gasteiger partial charge in [-0.05, 0) is 35.9 Å². The fraction of sp³-hybridized carbons (Fsp3) is 0.333. The maximum absolute atomic E-state index is 5.47. The molecule has 0 aliphatic rings. The van der Waals surface area contributed by atoms with Gasteiger partial charge >= 0.3 is 0 Å². The van der Waals surface area contributed by atoms with Crippen LogP contribution < -0.4 is 5.19 Å². The predicted molar refractivity (Wildman–Crippen MR) is 78.8 cm³/mol. The van der Waals surface area contributed by atoms with E-state index in [1.807, 2.05) is 30.5 Å². The number of ether oxygens (including phenoxy) is 1. The third-order valence-corrected chi connectivity index (χ3v) is 3.77. The molecule has 0 N–H and O–H groups in total. The third kappa shape index (κ3) is 4.57. The molecule has 19 heavy (non-hydrogen) atoms. The largest absolute Gasteiger partial charge is 0.382 e. The van der Waals surface area contributed by atoms with Gasteiger partial charge in [0.05, 0.1) is 20.9 Å². The van der Waals surface area contributed by atoms with E-state index in [0.29, 0.717) is 0 Å². The van der Waals surface area contributed by atoms with E-state index in [1.54, 1.807) is 6.20 Å². The van der Waals surface area contributed by atoms with Crippen molar-refractivity contribution in [2.45, 2.75) is 19.4 Å². The van der Waals surface area contributed by atoms with E-state index >= 15 is 0 Å². The maximum Gasteiger partial charge on any atom is 0.0886 e. The number of pyridine rings is 2. The Bertz CT molecular complexity index is 473. The summed E-state index contributed by atoms with van der Waals surface area (Å²) in [6, 6.07) is 11.1. The molecule has 0 saturated carbocycles. The summed E-state index contributed by atoms with van der Waals surface area (Å²) in [5.41, 5.74) is 1.85. The van der Waals surface area contributed by atoms with Gasteiger partial charge in [-0.3, -0.25) is 9.97 Å². The lowest BCUT2D eigenvalue weighted by Gasteiger charge is -2.03. The molecule has 0 unspecified atom stereocenters. The molecule has 3 nitrogen and oxygen atoms in total. The summed E-state index contributed by atoms with van der Waals surface area (Å²) >= 11 is 0. The highest BCUT2D eigenvalue weighted by Crippen LogP contribution is 2.10. The van der Waals surface area contributed by atoms with E-state index in [0.717, 1.165) is 46.6 Å². The van der Waals surface area contributed by atoms with Crippen LogP contribution in [0.3, 0.4) is 0 Å². The fourth-order valence-electron chi connectivity index (χ4n) is 1.68. The quantitative estimate of drug-likeness (QED) is 0.572. The van der Waals surface area contributed by atoms with Crippen LogP contribution in [0.15, 0.2) is 42.7 Å². The molecule has 2 rings (SSSR count). The molecule has 0 aromatic carbocycles. The topological polar surface area (TPSA) is 35.0 Å². The van der Waals surface area contributed by atoms with E-state index in [9.17, 15) is 0 Å². The van der Waals surface area contributed by atoms with Crippen molar-refractivity contribution < 1.29 is 4.74 Å². The summed E-state index contributed by atoms with van der Waals surface area (Å²) in [6.45, 7) is 3.83. The summed E-state index contributed by atoms with van der Waals surface area (Å²) in [7, 11) is 0.762. The van der Waals surface area contributed by atoms with E-state index < -0.39 is 0 Å². The van der Waals surface area contributed by atoms with Gasteiger partial charge in [-0.2, -0.15) is 0 Å². The summed E-state index contributed by atoms with van der Waals surface area (Å²) in [5, 5.41) is 1.28. The predicted octanol–water partition coefficient (Wildman–Crippen LogP) is 2.32. The SMILES string of the molecule is CCCOCC[Si]c1ccc(-c2ccccn2)nc1. The zero-order valence-electron chi connectivity index (χ0n) is 11.2. The fourth-order valence-corrected chi connectivity index (χ4v) is 2.57. The number of hydrogen-bond acceptors (Lipinski definition) is 3. The van der Waals surface area contributed by atoms with E-state index in [2.05, 4.69) is 23.0 Å². The van der Waals surface area contributed by atoms with Gasteiger partial charge in [-0.1, -0.05) is 19.1 Å². The van der Waals surface area contributed by atoms with Crippen LogP contribution in [-0.2, 0) is 4.74 Å². The molecule has 2 aromatic rings. The molecule has 0 bridgehead atoms. The molecule has 4 heteroatoms. The Kier molecular flexibility index (Phi) is 5.71. The molecule has 0 spiro atoms. The van der Waals surface area contributed by atoms with E-state index in [1.165, 1.54) is 5.19 Å². The standard InChI is InChI=1S/C15H18N2OSi/c1-2-9-18-10-11-19-13-6-7-15(17-12-13)14-5-3-4-8-16-14/h3-8,12H,2,9-11H2,1H3. The van der Waals surface area contributed by atoms with Crippen molar-refractivity contribution >= 4 is 14.7 Å². The second-order valence-electron chi connectivity index (χ2n) is 4.19. The summed E-state index contributed by atoms with van der Waals surface area (Å²) in [5.74, 6) is 0. The minimum atomic E-state index is 0.762. The van der Waals surface area contributed by atoms with Gasteiger partial charge in [0.1, 0.15) is 0 Å². The van der Waals surface area contributed by atoms with Gasteiger partial charge < -0.3 is 4.74 Å². The monoisotopic (exact) mass is 270 g/mol. The van der Waals surface area contributed by atoms with Crippen molar-refractivity contribution in [3.05, 3.63) is 42.7 Å². The molecule has 2 heterocycles. The van der Waals surface area contributed by atoms with Crippen molar-refractivity contribution in [2.75, 3.05) is 13.2 Å². The Hall–Kier alpha value is -1.52. The molecule has 0 aliphatic carbocycles. The maximum atomic E-state index is 5.47. The van der Waals surface area contributed by atoms with Gasteiger partial charge in [0.2, 0.25) is 0 Å². The summed E-state index contributed by atoms with van der Waals surface area (Å²) in [4.78, 5) is 8.76. The van der Waals surface area contributed by atoms with Gasteiger partial charge in [0.25, 0.3) is 0 Å². The third-order valence-electron chi connectivity index (χ3n) is 2.61. The van der Waals surface area contributed by atoms with Crippen molar-refractivity contribution in [3.8, 4) is 11.4 Å². The molecule has 2 aromatic heterocycles. The molecular weight excluding hydrogens is 252 g/mol.